The second-order valence-electron chi connectivity index (χ2n) is 5.74. The van der Waals surface area contributed by atoms with Gasteiger partial charge in [0.05, 0.1) is 6.61 Å². The Balaban J connectivity index is 1.91. The second kappa shape index (κ2) is 8.68. The largest absolute Gasteiger partial charge is 0.493 e. The normalized spacial score (nSPS) is 16.3. The van der Waals surface area contributed by atoms with Crippen LogP contribution in [0.15, 0.2) is 22.7 Å². The highest BCUT2D eigenvalue weighted by Crippen LogP contribution is 2.27. The SMILES string of the molecule is CCCNCc1cc(Br)ccc1OCC1CCCCC1. The van der Waals surface area contributed by atoms with Gasteiger partial charge in [-0.05, 0) is 49.9 Å². The molecular formula is C17H26BrNO. The van der Waals surface area contributed by atoms with Crippen molar-refractivity contribution in [2.24, 2.45) is 5.92 Å². The molecule has 3 heteroatoms. The van der Waals surface area contributed by atoms with E-state index in [4.69, 9.17) is 4.74 Å². The molecule has 1 aliphatic rings. The van der Waals surface area contributed by atoms with E-state index in [-0.39, 0.29) is 0 Å². The summed E-state index contributed by atoms with van der Waals surface area (Å²) in [7, 11) is 0. The average molecular weight is 340 g/mol. The molecule has 1 N–H and O–H groups in total. The number of benzene rings is 1. The maximum atomic E-state index is 6.10. The van der Waals surface area contributed by atoms with Gasteiger partial charge in [-0.1, -0.05) is 42.1 Å². The smallest absolute Gasteiger partial charge is 0.123 e. The average Bonchev–Trinajstić information content (AvgIpc) is 2.48. The molecule has 2 nitrogen and oxygen atoms in total. The Morgan fingerprint density at radius 3 is 2.80 bits per heavy atom. The van der Waals surface area contributed by atoms with Crippen LogP contribution in [-0.4, -0.2) is 13.2 Å². The number of halogens is 1. The predicted octanol–water partition coefficient (Wildman–Crippen LogP) is 4.91. The number of nitrogens with one attached hydrogen (secondary N) is 1. The standard InChI is InChI=1S/C17H26BrNO/c1-2-10-19-12-15-11-16(18)8-9-17(15)20-13-14-6-4-3-5-7-14/h8-9,11,14,19H,2-7,10,12-13H2,1H3. The summed E-state index contributed by atoms with van der Waals surface area (Å²) in [5.41, 5.74) is 1.25. The Labute approximate surface area is 131 Å². The van der Waals surface area contributed by atoms with Gasteiger partial charge in [0, 0.05) is 16.6 Å². The lowest BCUT2D eigenvalue weighted by Crippen LogP contribution is -2.18. The van der Waals surface area contributed by atoms with E-state index in [1.54, 1.807) is 0 Å². The summed E-state index contributed by atoms with van der Waals surface area (Å²) >= 11 is 3.55. The molecule has 1 saturated carbocycles. The van der Waals surface area contributed by atoms with Crippen molar-refractivity contribution in [1.82, 2.24) is 5.32 Å². The molecule has 0 saturated heterocycles. The van der Waals surface area contributed by atoms with Gasteiger partial charge in [-0.3, -0.25) is 0 Å². The van der Waals surface area contributed by atoms with Crippen LogP contribution in [0.1, 0.15) is 51.0 Å². The Morgan fingerprint density at radius 1 is 1.25 bits per heavy atom. The van der Waals surface area contributed by atoms with Crippen LogP contribution in [0.5, 0.6) is 5.75 Å². The van der Waals surface area contributed by atoms with Crippen LogP contribution >= 0.6 is 15.9 Å². The Morgan fingerprint density at radius 2 is 2.05 bits per heavy atom. The molecule has 1 aromatic rings. The lowest BCUT2D eigenvalue weighted by atomic mass is 9.90. The number of hydrogen-bond donors (Lipinski definition) is 1. The molecular weight excluding hydrogens is 314 g/mol. The summed E-state index contributed by atoms with van der Waals surface area (Å²) in [6.07, 6.45) is 7.98. The van der Waals surface area contributed by atoms with Crippen molar-refractivity contribution in [2.45, 2.75) is 52.0 Å². The molecule has 0 bridgehead atoms. The molecule has 1 fully saturated rings. The van der Waals surface area contributed by atoms with Gasteiger partial charge in [-0.2, -0.15) is 0 Å². The summed E-state index contributed by atoms with van der Waals surface area (Å²) in [5, 5.41) is 3.46. The lowest BCUT2D eigenvalue weighted by Gasteiger charge is -2.22. The number of hydrogen-bond acceptors (Lipinski definition) is 2. The Bertz CT molecular complexity index is 402. The molecule has 0 unspecified atom stereocenters. The van der Waals surface area contributed by atoms with Crippen LogP contribution in [0, 0.1) is 5.92 Å². The molecule has 0 aromatic heterocycles. The highest BCUT2D eigenvalue weighted by Gasteiger charge is 2.14. The zero-order valence-corrected chi connectivity index (χ0v) is 14.0. The number of rotatable bonds is 7. The van der Waals surface area contributed by atoms with Crippen molar-refractivity contribution in [1.29, 1.82) is 0 Å². The monoisotopic (exact) mass is 339 g/mol. The van der Waals surface area contributed by atoms with E-state index in [1.807, 2.05) is 0 Å². The van der Waals surface area contributed by atoms with E-state index in [9.17, 15) is 0 Å². The van der Waals surface area contributed by atoms with Crippen molar-refractivity contribution in [3.8, 4) is 5.75 Å². The van der Waals surface area contributed by atoms with E-state index in [0.717, 1.165) is 42.3 Å². The van der Waals surface area contributed by atoms with Crippen LogP contribution in [0.25, 0.3) is 0 Å². The van der Waals surface area contributed by atoms with Crippen molar-refractivity contribution >= 4 is 15.9 Å². The van der Waals surface area contributed by atoms with Crippen LogP contribution < -0.4 is 10.1 Å². The second-order valence-corrected chi connectivity index (χ2v) is 6.66. The summed E-state index contributed by atoms with van der Waals surface area (Å²) < 4.78 is 7.22. The zero-order chi connectivity index (χ0) is 14.2. The van der Waals surface area contributed by atoms with Gasteiger partial charge in [0.15, 0.2) is 0 Å². The van der Waals surface area contributed by atoms with Crippen LogP contribution in [0.2, 0.25) is 0 Å². The fourth-order valence-corrected chi connectivity index (χ4v) is 3.20. The van der Waals surface area contributed by atoms with Crippen molar-refractivity contribution < 1.29 is 4.74 Å². The molecule has 0 amide bonds. The van der Waals surface area contributed by atoms with Gasteiger partial charge >= 0.3 is 0 Å². The Hall–Kier alpha value is -0.540. The van der Waals surface area contributed by atoms with Gasteiger partial charge in [-0.15, -0.1) is 0 Å². The quantitative estimate of drug-likeness (QED) is 0.712. The summed E-state index contributed by atoms with van der Waals surface area (Å²) in [6.45, 7) is 5.00. The minimum Gasteiger partial charge on any atom is -0.493 e. The summed E-state index contributed by atoms with van der Waals surface area (Å²) in [4.78, 5) is 0. The summed E-state index contributed by atoms with van der Waals surface area (Å²) in [5.74, 6) is 1.80. The first-order valence-electron chi connectivity index (χ1n) is 7.91. The molecule has 1 aliphatic carbocycles. The van der Waals surface area contributed by atoms with E-state index < -0.39 is 0 Å². The molecule has 0 spiro atoms. The lowest BCUT2D eigenvalue weighted by molar-refractivity contribution is 0.207. The van der Waals surface area contributed by atoms with Gasteiger partial charge in [-0.25, -0.2) is 0 Å². The third-order valence-corrected chi connectivity index (χ3v) is 4.46. The van der Waals surface area contributed by atoms with Gasteiger partial charge in [0.2, 0.25) is 0 Å². The minimum absolute atomic E-state index is 0.754. The molecule has 112 valence electrons. The van der Waals surface area contributed by atoms with Crippen LogP contribution in [0.3, 0.4) is 0 Å². The Kier molecular flexibility index (Phi) is 6.88. The molecule has 0 radical (unpaired) electrons. The first-order valence-corrected chi connectivity index (χ1v) is 8.71. The number of ether oxygens (including phenoxy) is 1. The van der Waals surface area contributed by atoms with Crippen LogP contribution in [-0.2, 0) is 6.54 Å². The van der Waals surface area contributed by atoms with Crippen molar-refractivity contribution in [3.63, 3.8) is 0 Å². The minimum atomic E-state index is 0.754. The molecule has 2 rings (SSSR count). The van der Waals surface area contributed by atoms with Crippen molar-refractivity contribution in [2.75, 3.05) is 13.2 Å². The fourth-order valence-electron chi connectivity index (χ4n) is 2.79. The zero-order valence-electron chi connectivity index (χ0n) is 12.5. The van der Waals surface area contributed by atoms with Crippen molar-refractivity contribution in [3.05, 3.63) is 28.2 Å². The topological polar surface area (TPSA) is 21.3 Å². The van der Waals surface area contributed by atoms with Gasteiger partial charge in [0.25, 0.3) is 0 Å². The predicted molar refractivity (Wildman–Crippen MR) is 88.2 cm³/mol. The molecule has 0 aliphatic heterocycles. The fraction of sp³-hybridized carbons (Fsp3) is 0.647. The maximum Gasteiger partial charge on any atom is 0.123 e. The highest BCUT2D eigenvalue weighted by atomic mass is 79.9. The van der Waals surface area contributed by atoms with E-state index in [2.05, 4.69) is 46.4 Å². The highest BCUT2D eigenvalue weighted by molar-refractivity contribution is 9.10. The molecule has 1 aromatic carbocycles. The molecule has 20 heavy (non-hydrogen) atoms. The first kappa shape index (κ1) is 15.8. The molecule has 0 heterocycles. The molecule has 0 atom stereocenters. The van der Waals surface area contributed by atoms with Gasteiger partial charge in [0.1, 0.15) is 5.75 Å². The van der Waals surface area contributed by atoms with E-state index >= 15 is 0 Å². The van der Waals surface area contributed by atoms with E-state index in [1.165, 1.54) is 37.7 Å². The van der Waals surface area contributed by atoms with Crippen LogP contribution in [0.4, 0.5) is 0 Å². The third-order valence-electron chi connectivity index (χ3n) is 3.96. The van der Waals surface area contributed by atoms with E-state index in [0.29, 0.717) is 0 Å². The van der Waals surface area contributed by atoms with Gasteiger partial charge < -0.3 is 10.1 Å². The maximum absolute atomic E-state index is 6.10. The first-order chi connectivity index (χ1) is 9.79. The third kappa shape index (κ3) is 5.10. The summed E-state index contributed by atoms with van der Waals surface area (Å²) in [6, 6.07) is 6.33.